The Morgan fingerprint density at radius 3 is 2.50 bits per heavy atom. The number of hydrogen-bond donors (Lipinski definition) is 1. The van der Waals surface area contributed by atoms with E-state index < -0.39 is 5.97 Å². The molecule has 2 rings (SSSR count). The van der Waals surface area contributed by atoms with E-state index in [1.54, 1.807) is 0 Å². The molecule has 2 heteroatoms. The normalized spacial score (nSPS) is 43.2. The Bertz CT molecular complexity index is 334. The summed E-state index contributed by atoms with van der Waals surface area (Å²) in [5, 5.41) is 9.22. The summed E-state index contributed by atoms with van der Waals surface area (Å²) in [7, 11) is 0. The second kappa shape index (κ2) is 4.54. The molecule has 4 atom stereocenters. The zero-order valence-electron chi connectivity index (χ0n) is 12.3. The monoisotopic (exact) mass is 252 g/mol. The summed E-state index contributed by atoms with van der Waals surface area (Å²) in [6.45, 7) is 9.42. The molecule has 2 aliphatic carbocycles. The number of carboxylic acid groups (broad SMARTS) is 1. The van der Waals surface area contributed by atoms with E-state index in [0.29, 0.717) is 29.6 Å². The van der Waals surface area contributed by atoms with Gasteiger partial charge in [0.25, 0.3) is 0 Å². The fourth-order valence-electron chi connectivity index (χ4n) is 5.23. The first-order valence-corrected chi connectivity index (χ1v) is 7.49. The van der Waals surface area contributed by atoms with Crippen LogP contribution in [-0.2, 0) is 4.79 Å². The lowest BCUT2D eigenvalue weighted by atomic mass is 9.46. The quantitative estimate of drug-likeness (QED) is 0.793. The first-order chi connectivity index (χ1) is 8.27. The molecule has 2 nitrogen and oxygen atoms in total. The number of hydrogen-bond acceptors (Lipinski definition) is 1. The second-order valence-electron chi connectivity index (χ2n) is 7.66. The van der Waals surface area contributed by atoms with Gasteiger partial charge < -0.3 is 5.11 Å². The summed E-state index contributed by atoms with van der Waals surface area (Å²) in [6.07, 6.45) is 6.67. The molecule has 0 amide bonds. The Labute approximate surface area is 111 Å². The van der Waals surface area contributed by atoms with Crippen LogP contribution in [0.15, 0.2) is 0 Å². The van der Waals surface area contributed by atoms with Crippen molar-refractivity contribution in [2.24, 2.45) is 28.6 Å². The van der Waals surface area contributed by atoms with E-state index in [0.717, 1.165) is 0 Å². The van der Waals surface area contributed by atoms with Crippen molar-refractivity contribution in [2.45, 2.75) is 66.2 Å². The molecule has 0 bridgehead atoms. The van der Waals surface area contributed by atoms with E-state index in [9.17, 15) is 9.90 Å². The average molecular weight is 252 g/mol. The molecule has 2 aliphatic rings. The number of rotatable bonds is 2. The minimum absolute atomic E-state index is 0.248. The highest BCUT2D eigenvalue weighted by atomic mass is 16.4. The fourth-order valence-corrected chi connectivity index (χ4v) is 5.23. The van der Waals surface area contributed by atoms with Gasteiger partial charge >= 0.3 is 5.97 Å². The molecule has 0 spiro atoms. The molecule has 0 aromatic heterocycles. The van der Waals surface area contributed by atoms with Crippen LogP contribution < -0.4 is 0 Å². The van der Waals surface area contributed by atoms with Crippen molar-refractivity contribution in [3.8, 4) is 0 Å². The molecular weight excluding hydrogens is 224 g/mol. The van der Waals surface area contributed by atoms with Gasteiger partial charge in [-0.1, -0.05) is 40.5 Å². The number of carboxylic acids is 1. The van der Waals surface area contributed by atoms with E-state index in [1.807, 2.05) is 0 Å². The Morgan fingerprint density at radius 1 is 1.22 bits per heavy atom. The third kappa shape index (κ3) is 2.19. The van der Waals surface area contributed by atoms with Gasteiger partial charge in [-0.3, -0.25) is 4.79 Å². The largest absolute Gasteiger partial charge is 0.481 e. The second-order valence-corrected chi connectivity index (χ2v) is 7.66. The van der Waals surface area contributed by atoms with Crippen LogP contribution in [-0.4, -0.2) is 11.1 Å². The highest BCUT2D eigenvalue weighted by molar-refractivity contribution is 5.67. The van der Waals surface area contributed by atoms with Gasteiger partial charge in [-0.05, 0) is 47.8 Å². The molecule has 0 saturated heterocycles. The standard InChI is InChI=1S/C16H28O2/c1-11-6-7-13-15(2,3)8-5-9-16(13,4)12(11)10-14(17)18/h11-13H,5-10H2,1-4H3,(H,17,18)/t11-,12?,13?,16?/m0/s1. The van der Waals surface area contributed by atoms with Gasteiger partial charge in [0.1, 0.15) is 0 Å². The summed E-state index contributed by atoms with van der Waals surface area (Å²) in [6, 6.07) is 0. The van der Waals surface area contributed by atoms with Crippen molar-refractivity contribution in [3.05, 3.63) is 0 Å². The van der Waals surface area contributed by atoms with Gasteiger partial charge in [0.2, 0.25) is 0 Å². The van der Waals surface area contributed by atoms with Crippen LogP contribution >= 0.6 is 0 Å². The van der Waals surface area contributed by atoms with E-state index in [4.69, 9.17) is 0 Å². The first-order valence-electron chi connectivity index (χ1n) is 7.49. The zero-order valence-corrected chi connectivity index (χ0v) is 12.3. The molecular formula is C16H28O2. The van der Waals surface area contributed by atoms with Crippen LogP contribution in [0.4, 0.5) is 0 Å². The van der Waals surface area contributed by atoms with Crippen molar-refractivity contribution in [2.75, 3.05) is 0 Å². The summed E-state index contributed by atoms with van der Waals surface area (Å²) < 4.78 is 0. The molecule has 0 heterocycles. The SMILES string of the molecule is C[C@H]1CCC2C(C)(C)CCCC2(C)C1CC(=O)O. The van der Waals surface area contributed by atoms with E-state index in [1.165, 1.54) is 32.1 Å². The summed E-state index contributed by atoms with van der Waals surface area (Å²) in [5.74, 6) is 1.03. The molecule has 0 aliphatic heterocycles. The molecule has 18 heavy (non-hydrogen) atoms. The number of fused-ring (bicyclic) bond motifs is 1. The van der Waals surface area contributed by atoms with E-state index >= 15 is 0 Å². The summed E-state index contributed by atoms with van der Waals surface area (Å²) in [5.41, 5.74) is 0.641. The van der Waals surface area contributed by atoms with E-state index in [-0.39, 0.29) is 5.41 Å². The van der Waals surface area contributed by atoms with Gasteiger partial charge in [0, 0.05) is 6.42 Å². The molecule has 104 valence electrons. The van der Waals surface area contributed by atoms with Crippen molar-refractivity contribution in [1.29, 1.82) is 0 Å². The summed E-state index contributed by atoms with van der Waals surface area (Å²) in [4.78, 5) is 11.2. The summed E-state index contributed by atoms with van der Waals surface area (Å²) >= 11 is 0. The minimum atomic E-state index is -0.614. The minimum Gasteiger partial charge on any atom is -0.481 e. The molecule has 1 N–H and O–H groups in total. The topological polar surface area (TPSA) is 37.3 Å². The predicted molar refractivity (Wildman–Crippen MR) is 73.4 cm³/mol. The molecule has 3 unspecified atom stereocenters. The van der Waals surface area contributed by atoms with Crippen molar-refractivity contribution in [1.82, 2.24) is 0 Å². The molecule has 0 aromatic rings. The lowest BCUT2D eigenvalue weighted by Crippen LogP contribution is -2.51. The predicted octanol–water partition coefficient (Wildman–Crippen LogP) is 4.34. The average Bonchev–Trinajstić information content (AvgIpc) is 2.22. The highest BCUT2D eigenvalue weighted by Gasteiger charge is 2.53. The van der Waals surface area contributed by atoms with Crippen LogP contribution in [0.1, 0.15) is 66.2 Å². The van der Waals surface area contributed by atoms with Gasteiger partial charge in [0.05, 0.1) is 0 Å². The number of carbonyl (C=O) groups is 1. The maximum absolute atomic E-state index is 11.2. The van der Waals surface area contributed by atoms with Crippen molar-refractivity contribution in [3.63, 3.8) is 0 Å². The van der Waals surface area contributed by atoms with Gasteiger partial charge in [-0.25, -0.2) is 0 Å². The maximum Gasteiger partial charge on any atom is 0.303 e. The Hall–Kier alpha value is -0.530. The third-order valence-corrected chi connectivity index (χ3v) is 6.12. The third-order valence-electron chi connectivity index (χ3n) is 6.12. The lowest BCUT2D eigenvalue weighted by Gasteiger charge is -2.59. The number of aliphatic carboxylic acids is 1. The molecule has 0 aromatic carbocycles. The van der Waals surface area contributed by atoms with Crippen molar-refractivity contribution < 1.29 is 9.90 Å². The van der Waals surface area contributed by atoms with Crippen molar-refractivity contribution >= 4 is 5.97 Å². The smallest absolute Gasteiger partial charge is 0.303 e. The van der Waals surface area contributed by atoms with Gasteiger partial charge in [-0.2, -0.15) is 0 Å². The first kappa shape index (κ1) is 13.9. The van der Waals surface area contributed by atoms with Crippen LogP contribution in [0.25, 0.3) is 0 Å². The molecule has 0 radical (unpaired) electrons. The van der Waals surface area contributed by atoms with Crippen LogP contribution in [0, 0.1) is 28.6 Å². The lowest BCUT2D eigenvalue weighted by molar-refractivity contribution is -0.146. The Morgan fingerprint density at radius 2 is 1.89 bits per heavy atom. The fraction of sp³-hybridized carbons (Fsp3) is 0.938. The molecule has 2 fully saturated rings. The van der Waals surface area contributed by atoms with Gasteiger partial charge in [-0.15, -0.1) is 0 Å². The Kier molecular flexibility index (Phi) is 3.50. The van der Waals surface area contributed by atoms with E-state index in [2.05, 4.69) is 27.7 Å². The van der Waals surface area contributed by atoms with Gasteiger partial charge in [0.15, 0.2) is 0 Å². The van der Waals surface area contributed by atoms with Crippen LogP contribution in [0.3, 0.4) is 0 Å². The van der Waals surface area contributed by atoms with Crippen LogP contribution in [0.2, 0.25) is 0 Å². The zero-order chi connectivity index (χ0) is 13.6. The maximum atomic E-state index is 11.2. The Balaban J connectivity index is 2.30. The van der Waals surface area contributed by atoms with Crippen LogP contribution in [0.5, 0.6) is 0 Å². The molecule has 2 saturated carbocycles. The highest BCUT2D eigenvalue weighted by Crippen LogP contribution is 2.61.